The zero-order chi connectivity index (χ0) is 8.77. The van der Waals surface area contributed by atoms with Crippen molar-refractivity contribution in [3.63, 3.8) is 0 Å². The molecule has 2 aliphatic rings. The van der Waals surface area contributed by atoms with Crippen LogP contribution in [0.5, 0.6) is 0 Å². The van der Waals surface area contributed by atoms with E-state index in [1.54, 1.807) is 0 Å². The van der Waals surface area contributed by atoms with Crippen molar-refractivity contribution in [2.75, 3.05) is 19.7 Å². The van der Waals surface area contributed by atoms with Crippen molar-refractivity contribution < 1.29 is 10.2 Å². The van der Waals surface area contributed by atoms with E-state index in [1.807, 2.05) is 0 Å². The highest BCUT2D eigenvalue weighted by Gasteiger charge is 2.51. The largest absolute Gasteiger partial charge is 0.394 e. The first-order chi connectivity index (χ1) is 5.69. The molecular formula is C9H15NO2. The van der Waals surface area contributed by atoms with Gasteiger partial charge in [0.05, 0.1) is 18.2 Å². The quantitative estimate of drug-likeness (QED) is 0.532. The van der Waals surface area contributed by atoms with E-state index in [1.165, 1.54) is 0 Å². The molecule has 2 heterocycles. The third kappa shape index (κ3) is 0.873. The van der Waals surface area contributed by atoms with Crippen LogP contribution in [0.1, 0.15) is 12.8 Å². The maximum Gasteiger partial charge on any atom is 0.0761 e. The lowest BCUT2D eigenvalue weighted by molar-refractivity contribution is 0.00909. The van der Waals surface area contributed by atoms with Crippen LogP contribution >= 0.6 is 0 Å². The molecule has 12 heavy (non-hydrogen) atoms. The molecule has 0 aliphatic carbocycles. The SMILES string of the molecule is C=C1CN2CC[C@@H](O)[C@]2(CO)C1. The van der Waals surface area contributed by atoms with Gasteiger partial charge in [0.1, 0.15) is 0 Å². The Balaban J connectivity index is 2.27. The summed E-state index contributed by atoms with van der Waals surface area (Å²) in [5.74, 6) is 0. The average molecular weight is 169 g/mol. The number of rotatable bonds is 1. The highest BCUT2D eigenvalue weighted by molar-refractivity contribution is 5.20. The summed E-state index contributed by atoms with van der Waals surface area (Å²) in [5.41, 5.74) is 0.750. The fraction of sp³-hybridized carbons (Fsp3) is 0.778. The van der Waals surface area contributed by atoms with Crippen LogP contribution in [-0.4, -0.2) is 46.5 Å². The van der Waals surface area contributed by atoms with Gasteiger partial charge in [-0.15, -0.1) is 0 Å². The number of aliphatic hydroxyl groups excluding tert-OH is 2. The van der Waals surface area contributed by atoms with Gasteiger partial charge in [-0.05, 0) is 12.8 Å². The number of fused-ring (bicyclic) bond motifs is 1. The van der Waals surface area contributed by atoms with E-state index < -0.39 is 0 Å². The lowest BCUT2D eigenvalue weighted by atomic mass is 9.91. The summed E-state index contributed by atoms with van der Waals surface area (Å²) in [6, 6.07) is 0. The van der Waals surface area contributed by atoms with Crippen molar-refractivity contribution >= 4 is 0 Å². The fourth-order valence-electron chi connectivity index (χ4n) is 2.47. The molecule has 0 radical (unpaired) electrons. The Bertz CT molecular complexity index is 217. The molecule has 2 rings (SSSR count). The van der Waals surface area contributed by atoms with Crippen LogP contribution in [0.3, 0.4) is 0 Å². The van der Waals surface area contributed by atoms with Crippen molar-refractivity contribution in [2.24, 2.45) is 0 Å². The molecule has 2 N–H and O–H groups in total. The molecule has 0 amide bonds. The van der Waals surface area contributed by atoms with Gasteiger partial charge in [0.2, 0.25) is 0 Å². The summed E-state index contributed by atoms with van der Waals surface area (Å²) >= 11 is 0. The molecule has 2 aliphatic heterocycles. The minimum absolute atomic E-state index is 0.0488. The highest BCUT2D eigenvalue weighted by atomic mass is 16.3. The second-order valence-corrected chi connectivity index (χ2v) is 3.91. The van der Waals surface area contributed by atoms with Crippen molar-refractivity contribution in [3.05, 3.63) is 12.2 Å². The van der Waals surface area contributed by atoms with Gasteiger partial charge >= 0.3 is 0 Å². The molecule has 0 spiro atoms. The van der Waals surface area contributed by atoms with Gasteiger partial charge in [0.15, 0.2) is 0 Å². The van der Waals surface area contributed by atoms with Crippen molar-refractivity contribution in [2.45, 2.75) is 24.5 Å². The minimum Gasteiger partial charge on any atom is -0.394 e. The Morgan fingerprint density at radius 2 is 2.42 bits per heavy atom. The molecule has 0 bridgehead atoms. The molecule has 2 fully saturated rings. The van der Waals surface area contributed by atoms with E-state index in [2.05, 4.69) is 11.5 Å². The maximum absolute atomic E-state index is 9.72. The summed E-state index contributed by atoms with van der Waals surface area (Å²) in [5, 5.41) is 19.0. The maximum atomic E-state index is 9.72. The average Bonchev–Trinajstić information content (AvgIpc) is 2.50. The van der Waals surface area contributed by atoms with E-state index in [4.69, 9.17) is 0 Å². The van der Waals surface area contributed by atoms with E-state index in [-0.39, 0.29) is 18.2 Å². The summed E-state index contributed by atoms with van der Waals surface area (Å²) in [4.78, 5) is 2.15. The van der Waals surface area contributed by atoms with E-state index >= 15 is 0 Å². The third-order valence-corrected chi connectivity index (χ3v) is 3.17. The third-order valence-electron chi connectivity index (χ3n) is 3.17. The number of hydrogen-bond donors (Lipinski definition) is 2. The van der Waals surface area contributed by atoms with Gasteiger partial charge in [-0.3, -0.25) is 4.90 Å². The summed E-state index contributed by atoms with van der Waals surface area (Å²) < 4.78 is 0. The Labute approximate surface area is 72.3 Å². The Morgan fingerprint density at radius 1 is 1.67 bits per heavy atom. The topological polar surface area (TPSA) is 43.7 Å². The first kappa shape index (κ1) is 8.23. The van der Waals surface area contributed by atoms with Gasteiger partial charge in [0, 0.05) is 13.1 Å². The van der Waals surface area contributed by atoms with Crippen molar-refractivity contribution in [1.82, 2.24) is 4.90 Å². The van der Waals surface area contributed by atoms with Crippen molar-refractivity contribution in [1.29, 1.82) is 0 Å². The van der Waals surface area contributed by atoms with Crippen LogP contribution in [0.2, 0.25) is 0 Å². The normalized spacial score (nSPS) is 42.2. The number of hydrogen-bond acceptors (Lipinski definition) is 3. The van der Waals surface area contributed by atoms with Crippen LogP contribution in [0.15, 0.2) is 12.2 Å². The summed E-state index contributed by atoms with van der Waals surface area (Å²) in [7, 11) is 0. The predicted molar refractivity (Wildman–Crippen MR) is 45.8 cm³/mol. The lowest BCUT2D eigenvalue weighted by Gasteiger charge is -2.32. The monoisotopic (exact) mass is 169 g/mol. The smallest absolute Gasteiger partial charge is 0.0761 e. The Morgan fingerprint density at radius 3 is 3.00 bits per heavy atom. The molecule has 3 nitrogen and oxygen atoms in total. The van der Waals surface area contributed by atoms with E-state index in [0.717, 1.165) is 31.5 Å². The van der Waals surface area contributed by atoms with E-state index in [9.17, 15) is 10.2 Å². The first-order valence-electron chi connectivity index (χ1n) is 4.40. The van der Waals surface area contributed by atoms with Crippen LogP contribution in [0, 0.1) is 0 Å². The van der Waals surface area contributed by atoms with Crippen LogP contribution in [0.4, 0.5) is 0 Å². The fourth-order valence-corrected chi connectivity index (χ4v) is 2.47. The van der Waals surface area contributed by atoms with Gasteiger partial charge in [-0.2, -0.15) is 0 Å². The summed E-state index contributed by atoms with van der Waals surface area (Å²) in [6.45, 7) is 5.68. The molecule has 68 valence electrons. The molecular weight excluding hydrogens is 154 g/mol. The van der Waals surface area contributed by atoms with Gasteiger partial charge in [0.25, 0.3) is 0 Å². The van der Waals surface area contributed by atoms with Crippen LogP contribution in [0.25, 0.3) is 0 Å². The van der Waals surface area contributed by atoms with Crippen LogP contribution < -0.4 is 0 Å². The zero-order valence-corrected chi connectivity index (χ0v) is 7.16. The molecule has 0 unspecified atom stereocenters. The molecule has 0 aromatic heterocycles. The summed E-state index contributed by atoms with van der Waals surface area (Å²) in [6.07, 6.45) is 1.17. The molecule has 0 aromatic rings. The van der Waals surface area contributed by atoms with Gasteiger partial charge < -0.3 is 10.2 Å². The molecule has 0 aromatic carbocycles. The number of nitrogens with zero attached hydrogens (tertiary/aromatic N) is 1. The lowest BCUT2D eigenvalue weighted by Crippen LogP contribution is -2.48. The highest BCUT2D eigenvalue weighted by Crippen LogP contribution is 2.40. The van der Waals surface area contributed by atoms with Crippen LogP contribution in [-0.2, 0) is 0 Å². The standard InChI is InChI=1S/C9H15NO2/c1-7-4-9(6-11)8(12)2-3-10(9)5-7/h8,11-12H,1-6H2/t8-,9-/m1/s1. The van der Waals surface area contributed by atoms with Crippen molar-refractivity contribution in [3.8, 4) is 0 Å². The number of aliphatic hydroxyl groups is 2. The molecule has 0 saturated carbocycles. The predicted octanol–water partition coefficient (Wildman–Crippen LogP) is -0.256. The second-order valence-electron chi connectivity index (χ2n) is 3.91. The molecule has 3 heteroatoms. The van der Waals surface area contributed by atoms with Gasteiger partial charge in [-0.1, -0.05) is 12.2 Å². The van der Waals surface area contributed by atoms with E-state index in [0.29, 0.717) is 0 Å². The second kappa shape index (κ2) is 2.55. The zero-order valence-electron chi connectivity index (χ0n) is 7.16. The molecule has 2 saturated heterocycles. The van der Waals surface area contributed by atoms with Gasteiger partial charge in [-0.25, -0.2) is 0 Å². The molecule has 2 atom stereocenters. The Kier molecular flexibility index (Phi) is 1.75. The minimum atomic E-state index is -0.378. The first-order valence-corrected chi connectivity index (χ1v) is 4.40. The Hall–Kier alpha value is -0.380.